The summed E-state index contributed by atoms with van der Waals surface area (Å²) in [5.41, 5.74) is 0.938. The highest BCUT2D eigenvalue weighted by atomic mass is 16.5. The fourth-order valence-corrected chi connectivity index (χ4v) is 8.79. The normalized spacial score (nSPS) is 23.5. The SMILES string of the molecule is C=CCCC(=O)OC[C@@H](NC(=O)[C@@H]1[C@@H]2CC[C@]3(O2)[C@H](C(=O)N(CC=C)c2ccc4ccccc4c2)N([C@@H](CO)Cc2ccccc2)C(=O)[C@@H]13)c1ccccc1. The number of fused-ring (bicyclic) bond motifs is 2. The molecule has 0 radical (unpaired) electrons. The number of ether oxygens (including phenoxy) is 2. The summed E-state index contributed by atoms with van der Waals surface area (Å²) >= 11 is 0. The third-order valence-electron chi connectivity index (χ3n) is 11.3. The van der Waals surface area contributed by atoms with Crippen LogP contribution in [-0.2, 0) is 35.1 Å². The van der Waals surface area contributed by atoms with Crippen molar-refractivity contribution in [2.24, 2.45) is 11.8 Å². The van der Waals surface area contributed by atoms with Gasteiger partial charge in [-0.3, -0.25) is 19.2 Å². The van der Waals surface area contributed by atoms with E-state index >= 15 is 9.59 Å². The number of carbonyl (C=O) groups excluding carboxylic acids is 4. The lowest BCUT2D eigenvalue weighted by Gasteiger charge is -2.39. The predicted molar refractivity (Wildman–Crippen MR) is 210 cm³/mol. The zero-order valence-electron chi connectivity index (χ0n) is 30.8. The summed E-state index contributed by atoms with van der Waals surface area (Å²) in [7, 11) is 0. The highest BCUT2D eigenvalue weighted by molar-refractivity contribution is 6.06. The number of amides is 3. The highest BCUT2D eigenvalue weighted by Crippen LogP contribution is 2.59. The molecule has 1 spiro atoms. The monoisotopic (exact) mass is 741 g/mol. The molecule has 284 valence electrons. The van der Waals surface area contributed by atoms with E-state index in [2.05, 4.69) is 18.5 Å². The number of rotatable bonds is 16. The van der Waals surface area contributed by atoms with Gasteiger partial charge in [-0.15, -0.1) is 13.2 Å². The number of nitrogens with one attached hydrogen (secondary N) is 1. The molecular formula is C45H47N3O7. The van der Waals surface area contributed by atoms with Crippen LogP contribution in [0, 0.1) is 11.8 Å². The van der Waals surface area contributed by atoms with E-state index in [1.165, 1.54) is 4.90 Å². The maximum Gasteiger partial charge on any atom is 0.306 e. The minimum Gasteiger partial charge on any atom is -0.463 e. The average molecular weight is 742 g/mol. The number of hydrogen-bond acceptors (Lipinski definition) is 7. The Morgan fingerprint density at radius 3 is 2.38 bits per heavy atom. The first-order valence-electron chi connectivity index (χ1n) is 19.0. The minimum absolute atomic E-state index is 0.104. The van der Waals surface area contributed by atoms with Crippen LogP contribution in [0.4, 0.5) is 5.69 Å². The lowest BCUT2D eigenvalue weighted by Crippen LogP contribution is -2.59. The summed E-state index contributed by atoms with van der Waals surface area (Å²) in [5, 5.41) is 16.0. The largest absolute Gasteiger partial charge is 0.463 e. The van der Waals surface area contributed by atoms with Gasteiger partial charge in [0.25, 0.3) is 5.91 Å². The number of nitrogens with zero attached hydrogens (tertiary/aromatic N) is 2. The maximum atomic E-state index is 15.3. The smallest absolute Gasteiger partial charge is 0.306 e. The second-order valence-electron chi connectivity index (χ2n) is 14.6. The number of likely N-dealkylation sites (tertiary alicyclic amines) is 1. The summed E-state index contributed by atoms with van der Waals surface area (Å²) in [5.74, 6) is -3.51. The van der Waals surface area contributed by atoms with Gasteiger partial charge in [0.1, 0.15) is 18.2 Å². The standard InChI is InChI=1S/C45H47N3O7/c1-3-5-20-38(50)54-29-36(32-17-10-7-11-18-32)46-42(51)39-37-23-24-45(55-37)40(39)43(52)48(35(28-49)26-30-14-8-6-9-15-30)41(45)44(53)47(25-4-2)34-22-21-31-16-12-13-19-33(31)27-34/h3-4,6-19,21-22,27,35-37,39-41,49H,1-2,5,20,23-26,28-29H2,(H,46,51)/t35-,36-,37+,39-,40-,41+,45-/m1/s1. The van der Waals surface area contributed by atoms with Gasteiger partial charge in [-0.25, -0.2) is 0 Å². The molecule has 7 rings (SSSR count). The first kappa shape index (κ1) is 37.7. The van der Waals surface area contributed by atoms with Crippen LogP contribution >= 0.6 is 0 Å². The van der Waals surface area contributed by atoms with E-state index in [4.69, 9.17) is 9.47 Å². The summed E-state index contributed by atoms with van der Waals surface area (Å²) in [6.07, 6.45) is 4.45. The van der Waals surface area contributed by atoms with E-state index in [0.717, 1.165) is 21.9 Å². The van der Waals surface area contributed by atoms with Crippen molar-refractivity contribution >= 4 is 40.2 Å². The van der Waals surface area contributed by atoms with Crippen LogP contribution < -0.4 is 10.2 Å². The molecule has 0 saturated carbocycles. The average Bonchev–Trinajstić information content (AvgIpc) is 3.87. The molecule has 3 fully saturated rings. The van der Waals surface area contributed by atoms with Crippen molar-refractivity contribution in [3.63, 3.8) is 0 Å². The van der Waals surface area contributed by atoms with E-state index in [-0.39, 0.29) is 25.5 Å². The molecule has 3 heterocycles. The van der Waals surface area contributed by atoms with Crippen molar-refractivity contribution in [2.75, 3.05) is 24.7 Å². The molecule has 2 bridgehead atoms. The number of aliphatic hydroxyl groups is 1. The number of aliphatic hydroxyl groups excluding tert-OH is 1. The Morgan fingerprint density at radius 1 is 0.964 bits per heavy atom. The van der Waals surface area contributed by atoms with Gasteiger partial charge in [0, 0.05) is 18.7 Å². The minimum atomic E-state index is -1.32. The van der Waals surface area contributed by atoms with Gasteiger partial charge in [0.2, 0.25) is 11.8 Å². The Labute approximate surface area is 321 Å². The van der Waals surface area contributed by atoms with Crippen LogP contribution in [0.25, 0.3) is 10.8 Å². The molecule has 55 heavy (non-hydrogen) atoms. The number of hydrogen-bond donors (Lipinski definition) is 2. The molecule has 2 N–H and O–H groups in total. The van der Waals surface area contributed by atoms with E-state index in [1.54, 1.807) is 17.1 Å². The molecule has 4 aromatic rings. The van der Waals surface area contributed by atoms with Crippen LogP contribution in [-0.4, -0.2) is 77.2 Å². The Balaban J connectivity index is 1.25. The lowest BCUT2D eigenvalue weighted by atomic mass is 9.70. The quantitative estimate of drug-likeness (QED) is 0.112. The topological polar surface area (TPSA) is 125 Å². The van der Waals surface area contributed by atoms with Crippen molar-refractivity contribution < 1.29 is 33.8 Å². The molecule has 0 aromatic heterocycles. The van der Waals surface area contributed by atoms with Gasteiger partial charge in [-0.1, -0.05) is 103 Å². The zero-order chi connectivity index (χ0) is 38.5. The third kappa shape index (κ3) is 7.32. The van der Waals surface area contributed by atoms with Crippen molar-refractivity contribution in [1.82, 2.24) is 10.2 Å². The van der Waals surface area contributed by atoms with Crippen LogP contribution in [0.3, 0.4) is 0 Å². The Kier molecular flexibility index (Phi) is 11.3. The molecule has 10 heteroatoms. The van der Waals surface area contributed by atoms with E-state index in [0.29, 0.717) is 31.4 Å². The van der Waals surface area contributed by atoms with E-state index < -0.39 is 66.1 Å². The van der Waals surface area contributed by atoms with Gasteiger partial charge >= 0.3 is 5.97 Å². The molecule has 3 aliphatic rings. The number of allylic oxidation sites excluding steroid dienone is 1. The Bertz CT molecular complexity index is 2060. The molecule has 0 unspecified atom stereocenters. The van der Waals surface area contributed by atoms with Crippen molar-refractivity contribution in [3.05, 3.63) is 140 Å². The van der Waals surface area contributed by atoms with E-state index in [1.807, 2.05) is 103 Å². The molecule has 10 nitrogen and oxygen atoms in total. The fourth-order valence-electron chi connectivity index (χ4n) is 8.79. The second-order valence-corrected chi connectivity index (χ2v) is 14.6. The van der Waals surface area contributed by atoms with Gasteiger partial charge < -0.3 is 29.7 Å². The summed E-state index contributed by atoms with van der Waals surface area (Å²) in [6, 6.07) is 29.8. The Morgan fingerprint density at radius 2 is 1.67 bits per heavy atom. The third-order valence-corrected chi connectivity index (χ3v) is 11.3. The predicted octanol–water partition coefficient (Wildman–Crippen LogP) is 5.70. The van der Waals surface area contributed by atoms with Crippen LogP contribution in [0.1, 0.15) is 42.9 Å². The van der Waals surface area contributed by atoms with Gasteiger partial charge in [0.15, 0.2) is 0 Å². The molecule has 3 amide bonds. The summed E-state index contributed by atoms with van der Waals surface area (Å²) in [4.78, 5) is 60.5. The van der Waals surface area contributed by atoms with Crippen molar-refractivity contribution in [3.8, 4) is 0 Å². The summed E-state index contributed by atoms with van der Waals surface area (Å²) in [6.45, 7) is 7.26. The highest BCUT2D eigenvalue weighted by Gasteiger charge is 2.75. The molecule has 0 aliphatic carbocycles. The Hall–Kier alpha value is -5.58. The second kappa shape index (κ2) is 16.4. The van der Waals surface area contributed by atoms with Crippen LogP contribution in [0.15, 0.2) is 128 Å². The fraction of sp³-hybridized carbons (Fsp3) is 0.333. The van der Waals surface area contributed by atoms with Crippen molar-refractivity contribution in [2.45, 2.75) is 61.9 Å². The van der Waals surface area contributed by atoms with Gasteiger partial charge in [-0.2, -0.15) is 0 Å². The first-order chi connectivity index (χ1) is 26.8. The van der Waals surface area contributed by atoms with Gasteiger partial charge in [-0.05, 0) is 59.7 Å². The van der Waals surface area contributed by atoms with Gasteiger partial charge in [0.05, 0.1) is 36.6 Å². The first-order valence-corrected chi connectivity index (χ1v) is 19.0. The molecular weight excluding hydrogens is 695 g/mol. The molecule has 7 atom stereocenters. The van der Waals surface area contributed by atoms with Crippen molar-refractivity contribution in [1.29, 1.82) is 0 Å². The zero-order valence-corrected chi connectivity index (χ0v) is 30.8. The summed E-state index contributed by atoms with van der Waals surface area (Å²) < 4.78 is 12.4. The molecule has 3 aliphatic heterocycles. The maximum absolute atomic E-state index is 15.3. The molecule has 4 aromatic carbocycles. The number of benzene rings is 4. The lowest BCUT2D eigenvalue weighted by molar-refractivity contribution is -0.146. The van der Waals surface area contributed by atoms with Crippen LogP contribution in [0.5, 0.6) is 0 Å². The number of esters is 1. The van der Waals surface area contributed by atoms with Crippen LogP contribution in [0.2, 0.25) is 0 Å². The van der Waals surface area contributed by atoms with E-state index in [9.17, 15) is 14.7 Å². The molecule has 3 saturated heterocycles. The number of anilines is 1. The number of carbonyl (C=O) groups is 4.